The van der Waals surface area contributed by atoms with Gasteiger partial charge in [0, 0.05) is 27.3 Å². The summed E-state index contributed by atoms with van der Waals surface area (Å²) in [5.41, 5.74) is 2.49. The molecule has 0 aliphatic carbocycles. The third-order valence-corrected chi connectivity index (χ3v) is 12.1. The van der Waals surface area contributed by atoms with Crippen molar-refractivity contribution in [3.63, 3.8) is 0 Å². The van der Waals surface area contributed by atoms with E-state index in [0.29, 0.717) is 0 Å². The highest BCUT2D eigenvalue weighted by molar-refractivity contribution is 8.18. The fourth-order valence-electron chi connectivity index (χ4n) is 5.42. The van der Waals surface area contributed by atoms with Crippen LogP contribution in [0.3, 0.4) is 0 Å². The summed E-state index contributed by atoms with van der Waals surface area (Å²) in [6.45, 7) is 1.75. The number of fused-ring (bicyclic) bond motifs is 2. The molecule has 1 fully saturated rings. The fraction of sp³-hybridized carbons (Fsp3) is 0.394. The summed E-state index contributed by atoms with van der Waals surface area (Å²) in [6, 6.07) is 27.6. The van der Waals surface area contributed by atoms with E-state index in [0.717, 1.165) is 48.6 Å². The predicted molar refractivity (Wildman–Crippen MR) is 166 cm³/mol. The van der Waals surface area contributed by atoms with Crippen molar-refractivity contribution in [1.82, 2.24) is 5.32 Å². The Labute approximate surface area is 241 Å². The minimum atomic E-state index is -1.04. The topological polar surface area (TPSA) is 32.3 Å². The molecule has 3 aromatic carbocycles. The summed E-state index contributed by atoms with van der Waals surface area (Å²) in [7, 11) is 0. The summed E-state index contributed by atoms with van der Waals surface area (Å²) in [4.78, 5) is 2.33. The average molecular weight is 560 g/mol. The van der Waals surface area contributed by atoms with Crippen LogP contribution in [-0.4, -0.2) is 33.8 Å². The number of hydrogen-bond acceptors (Lipinski definition) is 5. The van der Waals surface area contributed by atoms with E-state index in [9.17, 15) is 5.11 Å². The van der Waals surface area contributed by atoms with Gasteiger partial charge in [-0.25, -0.2) is 0 Å². The van der Waals surface area contributed by atoms with Crippen LogP contribution in [0.15, 0.2) is 88.7 Å². The van der Waals surface area contributed by atoms with Gasteiger partial charge in [0.25, 0.3) is 0 Å². The number of thioether (sulfide) groups is 2. The fourth-order valence-corrected chi connectivity index (χ4v) is 10.2. The van der Waals surface area contributed by atoms with Gasteiger partial charge < -0.3 is 10.4 Å². The third kappa shape index (κ3) is 6.16. The predicted octanol–water partition coefficient (Wildman–Crippen LogP) is 7.74. The van der Waals surface area contributed by atoms with Gasteiger partial charge in [-0.15, -0.1) is 29.4 Å². The number of rotatable bonds is 10. The first kappa shape index (κ1) is 27.7. The van der Waals surface area contributed by atoms with Crippen LogP contribution >= 0.6 is 35.3 Å². The van der Waals surface area contributed by atoms with E-state index >= 15 is 0 Å². The zero-order chi connectivity index (χ0) is 26.1. The molecule has 0 radical (unpaired) electrons. The molecule has 2 aliphatic heterocycles. The molecule has 2 N–H and O–H groups in total. The van der Waals surface area contributed by atoms with Crippen molar-refractivity contribution < 1.29 is 5.11 Å². The summed E-state index contributed by atoms with van der Waals surface area (Å²) in [5, 5.41) is 16.2. The lowest BCUT2D eigenvalue weighted by Gasteiger charge is -2.51. The molecular formula is C33H37NOS3. The number of nitrogens with one attached hydrogen (secondary N) is 1. The quantitative estimate of drug-likeness (QED) is 0.196. The van der Waals surface area contributed by atoms with Gasteiger partial charge in [-0.2, -0.15) is 0 Å². The zero-order valence-electron chi connectivity index (χ0n) is 22.0. The van der Waals surface area contributed by atoms with Crippen LogP contribution < -0.4 is 5.32 Å². The molecule has 3 aromatic rings. The van der Waals surface area contributed by atoms with Gasteiger partial charge in [0.1, 0.15) is 5.60 Å². The number of aliphatic hydroxyl groups is 1. The highest BCUT2D eigenvalue weighted by Gasteiger charge is 2.56. The van der Waals surface area contributed by atoms with Gasteiger partial charge in [-0.3, -0.25) is 0 Å². The highest BCUT2D eigenvalue weighted by atomic mass is 32.2. The van der Waals surface area contributed by atoms with E-state index in [4.69, 9.17) is 0 Å². The van der Waals surface area contributed by atoms with E-state index in [-0.39, 0.29) is 4.08 Å². The molecule has 0 spiro atoms. The van der Waals surface area contributed by atoms with Gasteiger partial charge in [0.05, 0.1) is 10.6 Å². The van der Waals surface area contributed by atoms with Crippen molar-refractivity contribution in [2.45, 2.75) is 64.4 Å². The van der Waals surface area contributed by atoms with Crippen molar-refractivity contribution in [3.8, 4) is 11.8 Å². The number of unbranched alkanes of at least 4 members (excludes halogenated alkanes) is 2. The first-order valence-electron chi connectivity index (χ1n) is 13.8. The second kappa shape index (κ2) is 13.5. The number of benzene rings is 3. The standard InChI is InChI=1S/C33H37NOS3/c35-33(28-18-7-9-20-30(28)38-31-21-10-8-19-29(31)33)32(36-25-14-26-37-32)22-11-3-13-24-34-23-12-2-6-17-27-15-4-1-5-16-27/h1,4-5,7-10,15-16,18-21,34-35H,2,6,11-12,14,17,22-26H2. The van der Waals surface area contributed by atoms with Crippen LogP contribution in [0.4, 0.5) is 0 Å². The van der Waals surface area contributed by atoms with Gasteiger partial charge in [0.15, 0.2) is 0 Å². The van der Waals surface area contributed by atoms with Crippen molar-refractivity contribution in [2.24, 2.45) is 0 Å². The van der Waals surface area contributed by atoms with Crippen LogP contribution in [0.5, 0.6) is 0 Å². The normalized spacial score (nSPS) is 17.1. The molecule has 5 rings (SSSR count). The van der Waals surface area contributed by atoms with E-state index < -0.39 is 5.60 Å². The molecule has 2 heterocycles. The van der Waals surface area contributed by atoms with Crippen molar-refractivity contribution in [2.75, 3.05) is 24.6 Å². The Bertz CT molecular complexity index is 1200. The van der Waals surface area contributed by atoms with Crippen molar-refractivity contribution >= 4 is 35.3 Å². The van der Waals surface area contributed by atoms with Crippen LogP contribution in [0.2, 0.25) is 0 Å². The van der Waals surface area contributed by atoms with Crippen LogP contribution in [0, 0.1) is 11.8 Å². The third-order valence-electron chi connectivity index (χ3n) is 7.36. The molecule has 0 atom stereocenters. The minimum Gasteiger partial charge on any atom is -0.378 e. The smallest absolute Gasteiger partial charge is 0.140 e. The Hall–Kier alpha value is -1.81. The number of aryl methyl sites for hydroxylation is 1. The van der Waals surface area contributed by atoms with Crippen LogP contribution in [0.1, 0.15) is 55.2 Å². The molecule has 0 aromatic heterocycles. The second-order valence-corrected chi connectivity index (χ2v) is 14.1. The molecule has 198 valence electrons. The van der Waals surface area contributed by atoms with E-state index in [1.54, 1.807) is 11.8 Å². The van der Waals surface area contributed by atoms with Crippen LogP contribution in [-0.2, 0) is 12.0 Å². The van der Waals surface area contributed by atoms with Crippen LogP contribution in [0.25, 0.3) is 0 Å². The van der Waals surface area contributed by atoms with Crippen molar-refractivity contribution in [3.05, 3.63) is 95.6 Å². The molecular weight excluding hydrogens is 523 g/mol. The Morgan fingerprint density at radius 1 is 0.763 bits per heavy atom. The lowest BCUT2D eigenvalue weighted by Crippen LogP contribution is -2.51. The molecule has 0 saturated carbocycles. The van der Waals surface area contributed by atoms with Gasteiger partial charge in [-0.1, -0.05) is 90.8 Å². The van der Waals surface area contributed by atoms with E-state index in [2.05, 4.69) is 96.0 Å². The summed E-state index contributed by atoms with van der Waals surface area (Å²) >= 11 is 5.66. The molecule has 2 aliphatic rings. The molecule has 38 heavy (non-hydrogen) atoms. The lowest BCUT2D eigenvalue weighted by molar-refractivity contribution is 0.0578. The maximum absolute atomic E-state index is 12.8. The molecule has 5 heteroatoms. The Morgan fingerprint density at radius 2 is 1.42 bits per heavy atom. The maximum atomic E-state index is 12.8. The molecule has 0 unspecified atom stereocenters. The minimum absolute atomic E-state index is 0.348. The first-order chi connectivity index (χ1) is 18.7. The number of hydrogen-bond donors (Lipinski definition) is 2. The summed E-state index contributed by atoms with van der Waals surface area (Å²) in [6.07, 6.45) is 7.67. The molecule has 2 nitrogen and oxygen atoms in total. The monoisotopic (exact) mass is 559 g/mol. The average Bonchev–Trinajstić information content (AvgIpc) is 2.97. The van der Waals surface area contributed by atoms with Gasteiger partial charge in [0.2, 0.25) is 0 Å². The Balaban J connectivity index is 1.18. The molecule has 0 bridgehead atoms. The Morgan fingerprint density at radius 3 is 2.13 bits per heavy atom. The SMILES string of the molecule is OC1(C2(CCC#CCNCCCCCc3ccccc3)SCCCS2)c2ccccc2Sc2ccccc21. The molecule has 0 amide bonds. The van der Waals surface area contributed by atoms with Gasteiger partial charge in [-0.05, 0) is 67.9 Å². The molecule has 1 saturated heterocycles. The van der Waals surface area contributed by atoms with E-state index in [1.807, 2.05) is 23.5 Å². The lowest BCUT2D eigenvalue weighted by atomic mass is 9.80. The van der Waals surface area contributed by atoms with E-state index in [1.165, 1.54) is 47.5 Å². The summed E-state index contributed by atoms with van der Waals surface area (Å²) in [5.74, 6) is 8.93. The Kier molecular flexibility index (Phi) is 9.86. The first-order valence-corrected chi connectivity index (χ1v) is 16.6. The highest BCUT2D eigenvalue weighted by Crippen LogP contribution is 2.63. The largest absolute Gasteiger partial charge is 0.378 e. The summed E-state index contributed by atoms with van der Waals surface area (Å²) < 4.78 is -0.348. The zero-order valence-corrected chi connectivity index (χ0v) is 24.4. The maximum Gasteiger partial charge on any atom is 0.140 e. The second-order valence-electron chi connectivity index (χ2n) is 9.93. The van der Waals surface area contributed by atoms with Crippen molar-refractivity contribution in [1.29, 1.82) is 0 Å². The van der Waals surface area contributed by atoms with Gasteiger partial charge >= 0.3 is 0 Å².